The number of hydrogen-bond donors (Lipinski definition) is 6. The summed E-state index contributed by atoms with van der Waals surface area (Å²) in [5.74, 6) is -4.93. The van der Waals surface area contributed by atoms with E-state index in [0.717, 1.165) is 12.8 Å². The number of carboxylic acid groups (broad SMARTS) is 1. The van der Waals surface area contributed by atoms with Crippen LogP contribution in [-0.4, -0.2) is 97.0 Å². The van der Waals surface area contributed by atoms with Crippen molar-refractivity contribution in [3.05, 3.63) is 12.2 Å². The van der Waals surface area contributed by atoms with Crippen LogP contribution in [0.25, 0.3) is 0 Å². The Hall–Kier alpha value is -0.264. The predicted octanol–water partition coefficient (Wildman–Crippen LogP) is -1.29. The first-order valence-electron chi connectivity index (χ1n) is 7.54. The van der Waals surface area contributed by atoms with Gasteiger partial charge in [0.15, 0.2) is 0 Å². The van der Waals surface area contributed by atoms with E-state index in [-0.39, 0.29) is 29.7 Å². The molecule has 9 heteroatoms. The average molecular weight is 365 g/mol. The summed E-state index contributed by atoms with van der Waals surface area (Å²) in [6, 6.07) is 0. The van der Waals surface area contributed by atoms with E-state index in [1.807, 2.05) is 32.9 Å². The molecule has 24 heavy (non-hydrogen) atoms. The van der Waals surface area contributed by atoms with Gasteiger partial charge >= 0.3 is 29.0 Å². The van der Waals surface area contributed by atoms with Gasteiger partial charge in [0.25, 0.3) is 5.79 Å². The van der Waals surface area contributed by atoms with Crippen molar-refractivity contribution in [3.63, 3.8) is 0 Å². The number of rotatable bonds is 10. The summed E-state index contributed by atoms with van der Waals surface area (Å²) in [6.45, 7) is 4.89. The predicted molar refractivity (Wildman–Crippen MR) is 92.2 cm³/mol. The summed E-state index contributed by atoms with van der Waals surface area (Å²) < 4.78 is 4.72. The van der Waals surface area contributed by atoms with E-state index in [4.69, 9.17) is 20.1 Å². The molecule has 0 amide bonds. The number of aliphatic hydroxyl groups is 5. The fourth-order valence-electron chi connectivity index (χ4n) is 1.40. The van der Waals surface area contributed by atoms with Gasteiger partial charge in [-0.15, -0.1) is 0 Å². The molecule has 0 aliphatic carbocycles. The number of aliphatic hydroxyl groups excluding tert-OH is 4. The van der Waals surface area contributed by atoms with Gasteiger partial charge in [0.2, 0.25) is 0 Å². The summed E-state index contributed by atoms with van der Waals surface area (Å²) in [6.07, 6.45) is -0.0832. The largest absolute Gasteiger partial charge is 0.477 e. The van der Waals surface area contributed by atoms with Gasteiger partial charge in [-0.3, -0.25) is 0 Å². The number of hydrogen-bond acceptors (Lipinski definition) is 7. The molecule has 0 aliphatic heterocycles. The van der Waals surface area contributed by atoms with Crippen molar-refractivity contribution in [3.8, 4) is 0 Å². The fourth-order valence-corrected chi connectivity index (χ4v) is 1.40. The third-order valence-corrected chi connectivity index (χ3v) is 3.02. The van der Waals surface area contributed by atoms with Gasteiger partial charge in [0.05, 0.1) is 13.2 Å². The van der Waals surface area contributed by atoms with Crippen LogP contribution in [0.1, 0.15) is 40.0 Å². The molecule has 0 radical (unpaired) electrons. The molecule has 0 saturated carbocycles. The maximum Gasteiger partial charge on any atom is 0.367 e. The van der Waals surface area contributed by atoms with Crippen molar-refractivity contribution >= 4 is 29.0 Å². The second kappa shape index (κ2) is 16.2. The van der Waals surface area contributed by atoms with Crippen molar-refractivity contribution in [1.29, 1.82) is 0 Å². The molecule has 0 aromatic carbocycles. The van der Waals surface area contributed by atoms with Crippen LogP contribution in [0.2, 0.25) is 0 Å². The number of carboxylic acids is 1. The molecule has 6 N–H and O–H groups in total. The van der Waals surface area contributed by atoms with Crippen molar-refractivity contribution in [1.82, 2.24) is 0 Å². The SMILES string of the molecule is CC=CC.CCCCCOC(O)(C(=O)O)C(O)C(O)C(O)CO.[MgH2]. The first kappa shape index (κ1) is 28.5. The Morgan fingerprint density at radius 1 is 1.17 bits per heavy atom. The molecule has 4 unspecified atom stereocenters. The standard InChI is InChI=1S/C11H22O8.C4H8.Mg.2H/c1-2-3-4-5-19-11(18,10(16)17)9(15)8(14)7(13)6-12;1-3-4-2;;;/h7-9,12-15,18H,2-6H2,1H3,(H,16,17);3-4H,1-2H3;;;. The number of carbonyl (C=O) groups is 1. The van der Waals surface area contributed by atoms with E-state index in [0.29, 0.717) is 6.42 Å². The van der Waals surface area contributed by atoms with Crippen LogP contribution in [0.5, 0.6) is 0 Å². The van der Waals surface area contributed by atoms with Crippen LogP contribution in [0, 0.1) is 0 Å². The zero-order valence-corrected chi connectivity index (χ0v) is 13.9. The maximum absolute atomic E-state index is 11.0. The van der Waals surface area contributed by atoms with Gasteiger partial charge in [-0.25, -0.2) is 4.79 Å². The number of ether oxygens (including phenoxy) is 1. The molecular formula is C15H32MgO8. The Bertz CT molecular complexity index is 335. The highest BCUT2D eigenvalue weighted by Gasteiger charge is 2.50. The summed E-state index contributed by atoms with van der Waals surface area (Å²) in [5, 5.41) is 55.4. The number of allylic oxidation sites excluding steroid dienone is 2. The third-order valence-electron chi connectivity index (χ3n) is 3.02. The minimum absolute atomic E-state index is 0. The molecule has 142 valence electrons. The highest BCUT2D eigenvalue weighted by Crippen LogP contribution is 2.19. The molecular weight excluding hydrogens is 332 g/mol. The maximum atomic E-state index is 11.0. The topological polar surface area (TPSA) is 148 Å². The van der Waals surface area contributed by atoms with E-state index < -0.39 is 36.7 Å². The van der Waals surface area contributed by atoms with Crippen LogP contribution >= 0.6 is 0 Å². The molecule has 4 atom stereocenters. The zero-order chi connectivity index (χ0) is 18.5. The quantitative estimate of drug-likeness (QED) is 0.121. The lowest BCUT2D eigenvalue weighted by atomic mass is 10.00. The lowest BCUT2D eigenvalue weighted by molar-refractivity contribution is -0.278. The minimum Gasteiger partial charge on any atom is -0.477 e. The second-order valence-corrected chi connectivity index (χ2v) is 4.91. The Labute approximate surface area is 158 Å². The van der Waals surface area contributed by atoms with E-state index in [1.165, 1.54) is 0 Å². The third kappa shape index (κ3) is 10.6. The molecule has 0 rings (SSSR count). The number of aliphatic carboxylic acids is 1. The Morgan fingerprint density at radius 2 is 1.67 bits per heavy atom. The van der Waals surface area contributed by atoms with Crippen molar-refractivity contribution in [2.24, 2.45) is 0 Å². The van der Waals surface area contributed by atoms with Gasteiger partial charge < -0.3 is 35.4 Å². The normalized spacial score (nSPS) is 17.0. The molecule has 8 nitrogen and oxygen atoms in total. The molecule has 0 saturated heterocycles. The van der Waals surface area contributed by atoms with Crippen molar-refractivity contribution < 1.29 is 40.2 Å². The first-order chi connectivity index (χ1) is 10.7. The number of unbranched alkanes of at least 4 members (excludes halogenated alkanes) is 2. The van der Waals surface area contributed by atoms with Crippen LogP contribution in [0.15, 0.2) is 12.2 Å². The molecule has 0 spiro atoms. The smallest absolute Gasteiger partial charge is 0.367 e. The van der Waals surface area contributed by atoms with Crippen LogP contribution < -0.4 is 0 Å². The van der Waals surface area contributed by atoms with Crippen LogP contribution in [0.4, 0.5) is 0 Å². The monoisotopic (exact) mass is 364 g/mol. The zero-order valence-electron chi connectivity index (χ0n) is 13.9. The Balaban J connectivity index is -0.000000787. The molecule has 0 aliphatic rings. The van der Waals surface area contributed by atoms with Crippen LogP contribution in [0.3, 0.4) is 0 Å². The van der Waals surface area contributed by atoms with E-state index in [9.17, 15) is 20.1 Å². The van der Waals surface area contributed by atoms with Gasteiger partial charge in [0, 0.05) is 0 Å². The van der Waals surface area contributed by atoms with E-state index in [1.54, 1.807) is 0 Å². The lowest BCUT2D eigenvalue weighted by Crippen LogP contribution is -2.59. The van der Waals surface area contributed by atoms with Gasteiger partial charge in [-0.2, -0.15) is 0 Å². The molecule has 0 aromatic heterocycles. The molecule has 0 heterocycles. The second-order valence-electron chi connectivity index (χ2n) is 4.91. The summed E-state index contributed by atoms with van der Waals surface area (Å²) in [4.78, 5) is 11.0. The summed E-state index contributed by atoms with van der Waals surface area (Å²) >= 11 is 0. The fraction of sp³-hybridized carbons (Fsp3) is 0.800. The molecule has 0 aromatic rings. The van der Waals surface area contributed by atoms with E-state index in [2.05, 4.69) is 0 Å². The minimum atomic E-state index is -3.04. The Kier molecular flexibility index (Phi) is 19.3. The highest BCUT2D eigenvalue weighted by molar-refractivity contribution is 5.76. The average Bonchev–Trinajstić information content (AvgIpc) is 2.56. The van der Waals surface area contributed by atoms with E-state index >= 15 is 0 Å². The first-order valence-corrected chi connectivity index (χ1v) is 7.54. The molecule has 0 bridgehead atoms. The summed E-state index contributed by atoms with van der Waals surface area (Å²) in [7, 11) is 0. The Morgan fingerprint density at radius 3 is 2.00 bits per heavy atom. The molecule has 0 fully saturated rings. The van der Waals surface area contributed by atoms with Crippen LogP contribution in [-0.2, 0) is 9.53 Å². The van der Waals surface area contributed by atoms with Crippen molar-refractivity contribution in [2.75, 3.05) is 13.2 Å². The van der Waals surface area contributed by atoms with Gasteiger partial charge in [0.1, 0.15) is 18.3 Å². The lowest BCUT2D eigenvalue weighted by Gasteiger charge is -2.32. The van der Waals surface area contributed by atoms with Gasteiger partial charge in [-0.1, -0.05) is 31.9 Å². The highest BCUT2D eigenvalue weighted by atomic mass is 24.3. The summed E-state index contributed by atoms with van der Waals surface area (Å²) in [5.41, 5.74) is 0. The van der Waals surface area contributed by atoms with Crippen molar-refractivity contribution in [2.45, 2.75) is 64.1 Å². The van der Waals surface area contributed by atoms with Gasteiger partial charge in [-0.05, 0) is 20.3 Å².